The maximum absolute atomic E-state index is 13.7. The first-order chi connectivity index (χ1) is 15.1. The molecule has 1 amide bonds. The summed E-state index contributed by atoms with van der Waals surface area (Å²) in [4.78, 5) is 33.2. The molecule has 0 bridgehead atoms. The van der Waals surface area contributed by atoms with Crippen LogP contribution >= 0.6 is 11.6 Å². The molecule has 7 heteroatoms. The number of esters is 1. The monoisotopic (exact) mass is 439 g/mol. The maximum atomic E-state index is 13.7. The fourth-order valence-electron chi connectivity index (χ4n) is 4.24. The molecule has 3 aromatic rings. The van der Waals surface area contributed by atoms with Crippen molar-refractivity contribution in [3.05, 3.63) is 59.1 Å². The molecule has 6 nitrogen and oxygen atoms in total. The molecule has 2 atom stereocenters. The lowest BCUT2D eigenvalue weighted by Gasteiger charge is -2.38. The van der Waals surface area contributed by atoms with Gasteiger partial charge in [0.1, 0.15) is 0 Å². The number of rotatable bonds is 7. The summed E-state index contributed by atoms with van der Waals surface area (Å²) in [6.07, 6.45) is 2.87. The number of amides is 1. The van der Waals surface area contributed by atoms with Gasteiger partial charge in [-0.2, -0.15) is 0 Å². The minimum Gasteiger partial charge on any atom is -0.465 e. The first-order valence-corrected chi connectivity index (χ1v) is 11.1. The molecule has 0 spiro atoms. The van der Waals surface area contributed by atoms with Crippen LogP contribution in [0.3, 0.4) is 0 Å². The minimum absolute atomic E-state index is 0.212. The van der Waals surface area contributed by atoms with Gasteiger partial charge in [0.05, 0.1) is 23.7 Å². The number of hydrogen-bond donors (Lipinski definition) is 0. The SMILES string of the molecule is CCCCCN1C(=O)[C@H](C(=O)OCC)[C@@H](c2ccc(Cl)cc2)n2c1nc1ccccc12. The Morgan fingerprint density at radius 3 is 2.55 bits per heavy atom. The quantitative estimate of drug-likeness (QED) is 0.295. The van der Waals surface area contributed by atoms with Crippen LogP contribution in [0.4, 0.5) is 5.95 Å². The molecule has 2 aromatic carbocycles. The number of para-hydroxylation sites is 2. The molecule has 0 radical (unpaired) electrons. The van der Waals surface area contributed by atoms with E-state index in [0.717, 1.165) is 35.9 Å². The number of unbranched alkanes of at least 4 members (excludes halogenated alkanes) is 2. The average molecular weight is 440 g/mol. The molecule has 2 heterocycles. The Hall–Kier alpha value is -2.86. The van der Waals surface area contributed by atoms with E-state index in [1.807, 2.05) is 41.0 Å². The Bertz CT molecular complexity index is 1090. The summed E-state index contributed by atoms with van der Waals surface area (Å²) in [6, 6.07) is 14.5. The highest BCUT2D eigenvalue weighted by Crippen LogP contribution is 2.41. The van der Waals surface area contributed by atoms with Gasteiger partial charge in [0, 0.05) is 11.6 Å². The number of carbonyl (C=O) groups is 2. The van der Waals surface area contributed by atoms with Gasteiger partial charge in [-0.05, 0) is 43.2 Å². The first-order valence-electron chi connectivity index (χ1n) is 10.8. The molecule has 1 aromatic heterocycles. The van der Waals surface area contributed by atoms with Gasteiger partial charge in [-0.1, -0.05) is 55.6 Å². The first kappa shape index (κ1) is 21.4. The van der Waals surface area contributed by atoms with Crippen molar-refractivity contribution >= 4 is 40.5 Å². The third kappa shape index (κ3) is 3.92. The van der Waals surface area contributed by atoms with Crippen molar-refractivity contribution in [3.63, 3.8) is 0 Å². The number of imidazole rings is 1. The number of halogens is 1. The zero-order valence-electron chi connectivity index (χ0n) is 17.8. The lowest BCUT2D eigenvalue weighted by Crippen LogP contribution is -2.50. The zero-order chi connectivity index (χ0) is 22.0. The summed E-state index contributed by atoms with van der Waals surface area (Å²) in [5, 5.41) is 0.593. The van der Waals surface area contributed by atoms with Gasteiger partial charge < -0.3 is 9.30 Å². The third-order valence-electron chi connectivity index (χ3n) is 5.68. The Kier molecular flexibility index (Phi) is 6.28. The molecule has 0 unspecified atom stereocenters. The van der Waals surface area contributed by atoms with Crippen LogP contribution in [0, 0.1) is 5.92 Å². The molecule has 1 aliphatic rings. The van der Waals surface area contributed by atoms with Gasteiger partial charge in [-0.25, -0.2) is 4.98 Å². The smallest absolute Gasteiger partial charge is 0.321 e. The molecule has 31 heavy (non-hydrogen) atoms. The fourth-order valence-corrected chi connectivity index (χ4v) is 4.37. The summed E-state index contributed by atoms with van der Waals surface area (Å²) < 4.78 is 7.37. The zero-order valence-corrected chi connectivity index (χ0v) is 18.5. The number of fused-ring (bicyclic) bond motifs is 3. The number of aromatic nitrogens is 2. The van der Waals surface area contributed by atoms with Crippen LogP contribution in [-0.2, 0) is 14.3 Å². The molecular formula is C24H26ClN3O3. The molecule has 0 saturated carbocycles. The van der Waals surface area contributed by atoms with E-state index < -0.39 is 17.9 Å². The van der Waals surface area contributed by atoms with Gasteiger partial charge in [-0.3, -0.25) is 14.5 Å². The number of hydrogen-bond acceptors (Lipinski definition) is 4. The van der Waals surface area contributed by atoms with Crippen LogP contribution in [0.25, 0.3) is 11.0 Å². The van der Waals surface area contributed by atoms with Crippen LogP contribution in [-0.4, -0.2) is 34.6 Å². The lowest BCUT2D eigenvalue weighted by atomic mass is 9.89. The van der Waals surface area contributed by atoms with Gasteiger partial charge in [0.2, 0.25) is 11.9 Å². The van der Waals surface area contributed by atoms with Crippen molar-refractivity contribution in [2.24, 2.45) is 5.92 Å². The molecule has 162 valence electrons. The molecule has 0 N–H and O–H groups in total. The van der Waals surface area contributed by atoms with Crippen molar-refractivity contribution in [2.45, 2.75) is 39.2 Å². The Labute approximate surface area is 186 Å². The normalized spacial score (nSPS) is 18.3. The van der Waals surface area contributed by atoms with Gasteiger partial charge in [-0.15, -0.1) is 0 Å². The third-order valence-corrected chi connectivity index (χ3v) is 5.93. The largest absolute Gasteiger partial charge is 0.465 e. The topological polar surface area (TPSA) is 64.4 Å². The van der Waals surface area contributed by atoms with E-state index in [0.29, 0.717) is 17.5 Å². The highest BCUT2D eigenvalue weighted by Gasteiger charge is 2.47. The van der Waals surface area contributed by atoms with Crippen LogP contribution in [0.1, 0.15) is 44.7 Å². The Morgan fingerprint density at radius 1 is 1.10 bits per heavy atom. The molecule has 0 aliphatic carbocycles. The Balaban J connectivity index is 1.93. The predicted molar refractivity (Wildman–Crippen MR) is 121 cm³/mol. The second kappa shape index (κ2) is 9.10. The molecule has 1 aliphatic heterocycles. The van der Waals surface area contributed by atoms with E-state index in [1.54, 1.807) is 24.0 Å². The number of carbonyl (C=O) groups excluding carboxylic acids is 2. The van der Waals surface area contributed by atoms with Crippen LogP contribution < -0.4 is 4.90 Å². The van der Waals surface area contributed by atoms with E-state index in [2.05, 4.69) is 6.92 Å². The molecule has 0 saturated heterocycles. The summed E-state index contributed by atoms with van der Waals surface area (Å²) in [5.41, 5.74) is 2.47. The van der Waals surface area contributed by atoms with E-state index in [4.69, 9.17) is 21.3 Å². The van der Waals surface area contributed by atoms with Gasteiger partial charge in [0.25, 0.3) is 0 Å². The van der Waals surface area contributed by atoms with Crippen molar-refractivity contribution in [3.8, 4) is 0 Å². The van der Waals surface area contributed by atoms with E-state index >= 15 is 0 Å². The lowest BCUT2D eigenvalue weighted by molar-refractivity contribution is -0.153. The predicted octanol–water partition coefficient (Wildman–Crippen LogP) is 5.00. The highest BCUT2D eigenvalue weighted by molar-refractivity contribution is 6.30. The molecule has 0 fully saturated rings. The number of benzene rings is 2. The van der Waals surface area contributed by atoms with Crippen molar-refractivity contribution < 1.29 is 14.3 Å². The number of anilines is 1. The Morgan fingerprint density at radius 2 is 1.84 bits per heavy atom. The highest BCUT2D eigenvalue weighted by atomic mass is 35.5. The van der Waals surface area contributed by atoms with Crippen molar-refractivity contribution in [2.75, 3.05) is 18.1 Å². The van der Waals surface area contributed by atoms with Crippen LogP contribution in [0.2, 0.25) is 5.02 Å². The van der Waals surface area contributed by atoms with Crippen LogP contribution in [0.15, 0.2) is 48.5 Å². The minimum atomic E-state index is -0.993. The van der Waals surface area contributed by atoms with E-state index in [-0.39, 0.29) is 12.5 Å². The standard InChI is InChI=1S/C24H26ClN3O3/c1-3-5-8-15-27-22(29)20(23(30)31-4-2)21(16-11-13-17(25)14-12-16)28-19-10-7-6-9-18(19)26-24(27)28/h6-7,9-14,20-21H,3-5,8,15H2,1-2H3/t20-,21-/m1/s1. The summed E-state index contributed by atoms with van der Waals surface area (Å²) in [6.45, 7) is 4.59. The molecular weight excluding hydrogens is 414 g/mol. The van der Waals surface area contributed by atoms with E-state index in [1.165, 1.54) is 0 Å². The summed E-state index contributed by atoms with van der Waals surface area (Å²) in [5.74, 6) is -1.20. The maximum Gasteiger partial charge on any atom is 0.321 e. The number of nitrogens with zero attached hydrogens (tertiary/aromatic N) is 3. The number of ether oxygens (including phenoxy) is 1. The molecule has 4 rings (SSSR count). The van der Waals surface area contributed by atoms with Crippen LogP contribution in [0.5, 0.6) is 0 Å². The van der Waals surface area contributed by atoms with Crippen molar-refractivity contribution in [1.29, 1.82) is 0 Å². The van der Waals surface area contributed by atoms with E-state index in [9.17, 15) is 9.59 Å². The van der Waals surface area contributed by atoms with Crippen molar-refractivity contribution in [1.82, 2.24) is 9.55 Å². The average Bonchev–Trinajstić information content (AvgIpc) is 3.15. The van der Waals surface area contributed by atoms with Gasteiger partial charge >= 0.3 is 5.97 Å². The second-order valence-electron chi connectivity index (χ2n) is 7.69. The fraction of sp³-hybridized carbons (Fsp3) is 0.375. The summed E-state index contributed by atoms with van der Waals surface area (Å²) in [7, 11) is 0. The summed E-state index contributed by atoms with van der Waals surface area (Å²) >= 11 is 6.11. The second-order valence-corrected chi connectivity index (χ2v) is 8.13. The van der Waals surface area contributed by atoms with Gasteiger partial charge in [0.15, 0.2) is 5.92 Å².